The number of nitrogens with one attached hydrogen (secondary N) is 1. The van der Waals surface area contributed by atoms with Crippen molar-refractivity contribution < 1.29 is 26.7 Å². The van der Waals surface area contributed by atoms with Crippen molar-refractivity contribution in [2.45, 2.75) is 39.0 Å². The average molecular weight is 490 g/mol. The fourth-order valence-electron chi connectivity index (χ4n) is 3.27. The van der Waals surface area contributed by atoms with Gasteiger partial charge in [0.05, 0.1) is 5.56 Å². The molecule has 0 fully saturated rings. The fourth-order valence-corrected chi connectivity index (χ4v) is 3.27. The van der Waals surface area contributed by atoms with E-state index in [0.717, 1.165) is 37.9 Å². The summed E-state index contributed by atoms with van der Waals surface area (Å²) in [6, 6.07) is 10.2. The number of aromatic nitrogens is 1. The van der Waals surface area contributed by atoms with E-state index in [-0.39, 0.29) is 18.1 Å². The van der Waals surface area contributed by atoms with Crippen LogP contribution >= 0.6 is 0 Å². The van der Waals surface area contributed by atoms with Gasteiger partial charge in [-0.3, -0.25) is 0 Å². The number of hydrogen-bond acceptors (Lipinski definition) is 5. The zero-order valence-electron chi connectivity index (χ0n) is 19.2. The zero-order chi connectivity index (χ0) is 25.3. The van der Waals surface area contributed by atoms with E-state index in [1.165, 1.54) is 23.9 Å². The Morgan fingerprint density at radius 3 is 2.54 bits per heavy atom. The molecule has 0 radical (unpaired) electrons. The van der Waals surface area contributed by atoms with Gasteiger partial charge in [0.25, 0.3) is 0 Å². The molecule has 2 aromatic carbocycles. The molecule has 3 rings (SSSR count). The Bertz CT molecular complexity index is 1150. The van der Waals surface area contributed by atoms with Crippen LogP contribution in [0.1, 0.15) is 46.9 Å². The summed E-state index contributed by atoms with van der Waals surface area (Å²) >= 11 is 0. The van der Waals surface area contributed by atoms with E-state index in [4.69, 9.17) is 14.9 Å². The highest BCUT2D eigenvalue weighted by molar-refractivity contribution is 5.66. The number of alkyl halides is 3. The van der Waals surface area contributed by atoms with Crippen molar-refractivity contribution in [2.75, 3.05) is 6.54 Å². The minimum Gasteiger partial charge on any atom is -0.487 e. The van der Waals surface area contributed by atoms with Gasteiger partial charge in [0.1, 0.15) is 29.6 Å². The van der Waals surface area contributed by atoms with E-state index >= 15 is 0 Å². The monoisotopic (exact) mass is 489 g/mol. The SMILES string of the molecule is Cc1oc(/C=C/c2ccc(C(F)(F)F)cc2F)nc1COc1ccc(CCCCN/C=C\N)cc1. The molecule has 0 aliphatic heterocycles. The summed E-state index contributed by atoms with van der Waals surface area (Å²) < 4.78 is 63.4. The molecule has 0 bridgehead atoms. The summed E-state index contributed by atoms with van der Waals surface area (Å²) in [5, 5.41) is 3.10. The summed E-state index contributed by atoms with van der Waals surface area (Å²) in [5.74, 6) is 0.445. The number of hydrogen-bond donors (Lipinski definition) is 2. The number of aryl methyl sites for hydroxylation is 2. The van der Waals surface area contributed by atoms with Gasteiger partial charge in [-0.05, 0) is 62.1 Å². The molecular weight excluding hydrogens is 462 g/mol. The average Bonchev–Trinajstić information content (AvgIpc) is 3.18. The standard InChI is InChI=1S/C26H27F4N3O2/c1-18-24(17-34-22-10-5-19(6-11-22)4-2-3-14-32-15-13-31)33-25(35-18)12-8-20-7-9-21(16-23(20)27)26(28,29)30/h5-13,15-16,32H,2-4,14,17,31H2,1H3/b12-8+,15-13-. The molecule has 0 saturated carbocycles. The van der Waals surface area contributed by atoms with Crippen molar-refractivity contribution in [1.29, 1.82) is 0 Å². The molecule has 0 atom stereocenters. The van der Waals surface area contributed by atoms with Crippen LogP contribution in [0.4, 0.5) is 17.6 Å². The Kier molecular flexibility index (Phi) is 8.94. The third-order valence-corrected chi connectivity index (χ3v) is 5.19. The minimum atomic E-state index is -4.60. The highest BCUT2D eigenvalue weighted by atomic mass is 19.4. The van der Waals surface area contributed by atoms with Crippen LogP contribution in [0.25, 0.3) is 12.2 Å². The van der Waals surface area contributed by atoms with Gasteiger partial charge < -0.3 is 20.2 Å². The van der Waals surface area contributed by atoms with Crippen LogP contribution in [-0.4, -0.2) is 11.5 Å². The molecular formula is C26H27F4N3O2. The molecule has 1 aromatic heterocycles. The molecule has 0 unspecified atom stereocenters. The second-order valence-corrected chi connectivity index (χ2v) is 7.83. The Morgan fingerprint density at radius 1 is 1.09 bits per heavy atom. The molecule has 0 aliphatic rings. The molecule has 3 aromatic rings. The highest BCUT2D eigenvalue weighted by Gasteiger charge is 2.31. The Balaban J connectivity index is 1.52. The lowest BCUT2D eigenvalue weighted by Crippen LogP contribution is -2.07. The van der Waals surface area contributed by atoms with E-state index in [0.29, 0.717) is 23.3 Å². The number of ether oxygens (including phenoxy) is 1. The first-order valence-corrected chi connectivity index (χ1v) is 11.1. The van der Waals surface area contributed by atoms with Crippen LogP contribution in [0.5, 0.6) is 5.75 Å². The number of halogens is 4. The largest absolute Gasteiger partial charge is 0.487 e. The second-order valence-electron chi connectivity index (χ2n) is 7.83. The maximum absolute atomic E-state index is 14.0. The van der Waals surface area contributed by atoms with Crippen molar-refractivity contribution in [3.8, 4) is 5.75 Å². The van der Waals surface area contributed by atoms with Gasteiger partial charge in [0, 0.05) is 30.6 Å². The van der Waals surface area contributed by atoms with Crippen LogP contribution in [0, 0.1) is 12.7 Å². The molecule has 9 heteroatoms. The number of unbranched alkanes of at least 4 members (excludes halogenated alkanes) is 1. The molecule has 5 nitrogen and oxygen atoms in total. The van der Waals surface area contributed by atoms with E-state index in [1.54, 1.807) is 13.1 Å². The fraction of sp³-hybridized carbons (Fsp3) is 0.269. The predicted octanol–water partition coefficient (Wildman–Crippen LogP) is 6.23. The number of rotatable bonds is 11. The van der Waals surface area contributed by atoms with E-state index in [1.807, 2.05) is 24.3 Å². The van der Waals surface area contributed by atoms with Crippen molar-refractivity contribution in [3.63, 3.8) is 0 Å². The first-order valence-electron chi connectivity index (χ1n) is 11.1. The number of oxazole rings is 1. The molecule has 1 heterocycles. The summed E-state index contributed by atoms with van der Waals surface area (Å²) in [7, 11) is 0. The Hall–Kier alpha value is -3.75. The van der Waals surface area contributed by atoms with Gasteiger partial charge in [0.15, 0.2) is 0 Å². The highest BCUT2D eigenvalue weighted by Crippen LogP contribution is 2.30. The van der Waals surface area contributed by atoms with Crippen LogP contribution in [0.15, 0.2) is 59.3 Å². The van der Waals surface area contributed by atoms with Crippen molar-refractivity contribution >= 4 is 12.2 Å². The van der Waals surface area contributed by atoms with E-state index in [2.05, 4.69) is 10.3 Å². The van der Waals surface area contributed by atoms with Crippen molar-refractivity contribution in [3.05, 3.63) is 94.7 Å². The lowest BCUT2D eigenvalue weighted by molar-refractivity contribution is -0.137. The van der Waals surface area contributed by atoms with E-state index < -0.39 is 17.6 Å². The van der Waals surface area contributed by atoms with E-state index in [9.17, 15) is 17.6 Å². The predicted molar refractivity (Wildman–Crippen MR) is 127 cm³/mol. The zero-order valence-corrected chi connectivity index (χ0v) is 19.2. The van der Waals surface area contributed by atoms with Gasteiger partial charge in [-0.2, -0.15) is 13.2 Å². The van der Waals surface area contributed by atoms with Gasteiger partial charge in [0.2, 0.25) is 5.89 Å². The van der Waals surface area contributed by atoms with Crippen LogP contribution < -0.4 is 15.8 Å². The van der Waals surface area contributed by atoms with Crippen molar-refractivity contribution in [1.82, 2.24) is 10.3 Å². The Morgan fingerprint density at radius 2 is 1.86 bits per heavy atom. The first kappa shape index (κ1) is 25.9. The maximum atomic E-state index is 14.0. The van der Waals surface area contributed by atoms with Gasteiger partial charge >= 0.3 is 6.18 Å². The van der Waals surface area contributed by atoms with Crippen molar-refractivity contribution in [2.24, 2.45) is 5.73 Å². The molecule has 0 aliphatic carbocycles. The molecule has 0 saturated heterocycles. The topological polar surface area (TPSA) is 73.3 Å². The summed E-state index contributed by atoms with van der Waals surface area (Å²) in [5.41, 5.74) is 6.01. The van der Waals surface area contributed by atoms with Gasteiger partial charge in [-0.15, -0.1) is 0 Å². The molecule has 0 spiro atoms. The summed E-state index contributed by atoms with van der Waals surface area (Å²) in [4.78, 5) is 4.32. The normalized spacial score (nSPS) is 12.0. The third-order valence-electron chi connectivity index (χ3n) is 5.19. The first-order chi connectivity index (χ1) is 16.8. The summed E-state index contributed by atoms with van der Waals surface area (Å²) in [6.45, 7) is 2.78. The molecule has 35 heavy (non-hydrogen) atoms. The summed E-state index contributed by atoms with van der Waals surface area (Å²) in [6.07, 6.45) is 4.37. The van der Waals surface area contributed by atoms with Crippen LogP contribution in [-0.2, 0) is 19.2 Å². The second kappa shape index (κ2) is 12.1. The lowest BCUT2D eigenvalue weighted by Gasteiger charge is -2.07. The third kappa shape index (κ3) is 7.91. The smallest absolute Gasteiger partial charge is 0.416 e. The number of benzene rings is 2. The molecule has 186 valence electrons. The number of nitrogens with zero attached hydrogens (tertiary/aromatic N) is 1. The van der Waals surface area contributed by atoms with Crippen LogP contribution in [0.2, 0.25) is 0 Å². The molecule has 3 N–H and O–H groups in total. The lowest BCUT2D eigenvalue weighted by atomic mass is 10.1. The molecule has 0 amide bonds. The van der Waals surface area contributed by atoms with Gasteiger partial charge in [-0.1, -0.05) is 18.2 Å². The maximum Gasteiger partial charge on any atom is 0.416 e. The quantitative estimate of drug-likeness (QED) is 0.247. The Labute approximate surface area is 201 Å². The minimum absolute atomic E-state index is 0.00426. The number of nitrogens with two attached hydrogens (primary N) is 1. The van der Waals surface area contributed by atoms with Crippen LogP contribution in [0.3, 0.4) is 0 Å². The van der Waals surface area contributed by atoms with Gasteiger partial charge in [-0.25, -0.2) is 9.37 Å².